The first kappa shape index (κ1) is 15.3. The Morgan fingerprint density at radius 1 is 1.10 bits per heavy atom. The van der Waals surface area contributed by atoms with Crippen LogP contribution in [0.25, 0.3) is 0 Å². The van der Waals surface area contributed by atoms with E-state index >= 15 is 0 Å². The van der Waals surface area contributed by atoms with Crippen LogP contribution in [0, 0.1) is 3.57 Å². The minimum Gasteiger partial charge on any atom is -0.333 e. The van der Waals surface area contributed by atoms with Crippen molar-refractivity contribution in [3.8, 4) is 0 Å². The molecule has 0 saturated carbocycles. The predicted octanol–water partition coefficient (Wildman–Crippen LogP) is 4.17. The molecule has 0 N–H and O–H groups in total. The lowest BCUT2D eigenvalue weighted by atomic mass is 10.1. The fourth-order valence-corrected chi connectivity index (χ4v) is 2.71. The Bertz CT molecular complexity index is 574. The van der Waals surface area contributed by atoms with Crippen molar-refractivity contribution in [3.05, 3.63) is 69.3 Å². The topological polar surface area (TPSA) is 20.3 Å². The van der Waals surface area contributed by atoms with Crippen LogP contribution < -0.4 is 0 Å². The third kappa shape index (κ3) is 4.21. The normalized spacial score (nSPS) is 10.3. The van der Waals surface area contributed by atoms with Gasteiger partial charge in [0.05, 0.1) is 0 Å². The fourth-order valence-electron chi connectivity index (χ4n) is 1.96. The molecule has 1 amide bonds. The molecule has 0 aliphatic rings. The van der Waals surface area contributed by atoms with Crippen LogP contribution >= 0.6 is 34.2 Å². The van der Waals surface area contributed by atoms with Crippen molar-refractivity contribution in [2.45, 2.75) is 6.54 Å². The average Bonchev–Trinajstić information content (AvgIpc) is 2.47. The number of hydrogen-bond donors (Lipinski definition) is 0. The van der Waals surface area contributed by atoms with Gasteiger partial charge in [0, 0.05) is 28.1 Å². The number of alkyl halides is 1. The number of nitrogens with zero attached hydrogens (tertiary/aromatic N) is 1. The van der Waals surface area contributed by atoms with E-state index in [2.05, 4.69) is 22.6 Å². The van der Waals surface area contributed by atoms with Crippen LogP contribution in [-0.2, 0) is 6.54 Å². The lowest BCUT2D eigenvalue weighted by molar-refractivity contribution is 0.0753. The molecule has 4 heteroatoms. The molecule has 0 aliphatic carbocycles. The van der Waals surface area contributed by atoms with Gasteiger partial charge in [-0.05, 0) is 46.4 Å². The van der Waals surface area contributed by atoms with Crippen molar-refractivity contribution in [3.63, 3.8) is 0 Å². The second-order valence-corrected chi connectivity index (χ2v) is 6.04. The van der Waals surface area contributed by atoms with Crippen molar-refractivity contribution in [1.29, 1.82) is 0 Å². The third-order valence-electron chi connectivity index (χ3n) is 2.93. The molecule has 0 spiro atoms. The number of carbonyl (C=O) groups excluding carboxylic acids is 1. The summed E-state index contributed by atoms with van der Waals surface area (Å²) in [6, 6.07) is 17.6. The van der Waals surface area contributed by atoms with Gasteiger partial charge in [0.15, 0.2) is 0 Å². The molecule has 0 atom stereocenters. The van der Waals surface area contributed by atoms with Crippen LogP contribution in [0.3, 0.4) is 0 Å². The smallest absolute Gasteiger partial charge is 0.254 e. The van der Waals surface area contributed by atoms with Crippen LogP contribution in [0.15, 0.2) is 54.6 Å². The minimum atomic E-state index is 0.0213. The van der Waals surface area contributed by atoms with E-state index in [1.807, 2.05) is 54.6 Å². The summed E-state index contributed by atoms with van der Waals surface area (Å²) in [6.07, 6.45) is 0. The van der Waals surface area contributed by atoms with Gasteiger partial charge in [0.2, 0.25) is 0 Å². The maximum absolute atomic E-state index is 12.6. The van der Waals surface area contributed by atoms with Gasteiger partial charge in [0.1, 0.15) is 0 Å². The average molecular weight is 400 g/mol. The number of hydrogen-bond acceptors (Lipinski definition) is 1. The summed E-state index contributed by atoms with van der Waals surface area (Å²) in [4.78, 5) is 14.3. The van der Waals surface area contributed by atoms with Crippen molar-refractivity contribution < 1.29 is 4.79 Å². The molecule has 0 bridgehead atoms. The standard InChI is InChI=1S/C16H15ClINO/c17-9-10-19(12-13-5-2-1-3-6-13)16(20)14-7-4-8-15(18)11-14/h1-8,11H,9-10,12H2. The highest BCUT2D eigenvalue weighted by atomic mass is 127. The number of carbonyl (C=O) groups is 1. The highest BCUT2D eigenvalue weighted by Crippen LogP contribution is 2.13. The molecule has 20 heavy (non-hydrogen) atoms. The van der Waals surface area contributed by atoms with E-state index in [-0.39, 0.29) is 5.91 Å². The van der Waals surface area contributed by atoms with Gasteiger partial charge in [-0.1, -0.05) is 36.4 Å². The Kier molecular flexibility index (Phi) is 5.86. The summed E-state index contributed by atoms with van der Waals surface area (Å²) < 4.78 is 1.05. The highest BCUT2D eigenvalue weighted by molar-refractivity contribution is 14.1. The lowest BCUT2D eigenvalue weighted by Crippen LogP contribution is -2.32. The van der Waals surface area contributed by atoms with Gasteiger partial charge in [-0.2, -0.15) is 0 Å². The third-order valence-corrected chi connectivity index (χ3v) is 3.77. The number of halogens is 2. The summed E-state index contributed by atoms with van der Waals surface area (Å²) in [5.74, 6) is 0.454. The molecule has 0 fully saturated rings. The summed E-state index contributed by atoms with van der Waals surface area (Å²) in [5, 5.41) is 0. The maximum atomic E-state index is 12.6. The minimum absolute atomic E-state index is 0.0213. The summed E-state index contributed by atoms with van der Waals surface area (Å²) in [5.41, 5.74) is 1.81. The Morgan fingerprint density at radius 2 is 1.85 bits per heavy atom. The number of amides is 1. The van der Waals surface area contributed by atoms with Crippen LogP contribution in [0.4, 0.5) is 0 Å². The van der Waals surface area contributed by atoms with Gasteiger partial charge in [-0.3, -0.25) is 4.79 Å². The van der Waals surface area contributed by atoms with Crippen molar-refractivity contribution >= 4 is 40.1 Å². The molecular weight excluding hydrogens is 385 g/mol. The van der Waals surface area contributed by atoms with Crippen LogP contribution in [0.2, 0.25) is 0 Å². The fraction of sp³-hybridized carbons (Fsp3) is 0.188. The quantitative estimate of drug-likeness (QED) is 0.546. The number of rotatable bonds is 5. The van der Waals surface area contributed by atoms with Crippen molar-refractivity contribution in [2.75, 3.05) is 12.4 Å². The molecule has 0 aliphatic heterocycles. The molecule has 0 aromatic heterocycles. The molecular formula is C16H15ClINO. The van der Waals surface area contributed by atoms with E-state index in [4.69, 9.17) is 11.6 Å². The van der Waals surface area contributed by atoms with E-state index < -0.39 is 0 Å². The van der Waals surface area contributed by atoms with Gasteiger partial charge in [-0.15, -0.1) is 11.6 Å². The molecule has 0 saturated heterocycles. The van der Waals surface area contributed by atoms with Gasteiger partial charge >= 0.3 is 0 Å². The number of benzene rings is 2. The molecule has 2 aromatic rings. The predicted molar refractivity (Wildman–Crippen MR) is 91.1 cm³/mol. The van der Waals surface area contributed by atoms with Gasteiger partial charge < -0.3 is 4.90 Å². The highest BCUT2D eigenvalue weighted by Gasteiger charge is 2.15. The second kappa shape index (κ2) is 7.64. The molecule has 104 valence electrons. The summed E-state index contributed by atoms with van der Waals surface area (Å²) in [7, 11) is 0. The van der Waals surface area contributed by atoms with E-state index in [0.717, 1.165) is 9.13 Å². The van der Waals surface area contributed by atoms with Crippen LogP contribution in [0.1, 0.15) is 15.9 Å². The first-order valence-corrected chi connectivity index (χ1v) is 7.97. The molecule has 2 rings (SSSR count). The van der Waals surface area contributed by atoms with E-state index in [1.54, 1.807) is 4.90 Å². The van der Waals surface area contributed by atoms with E-state index in [9.17, 15) is 4.79 Å². The zero-order chi connectivity index (χ0) is 14.4. The molecule has 2 nitrogen and oxygen atoms in total. The zero-order valence-electron chi connectivity index (χ0n) is 10.9. The molecule has 0 unspecified atom stereocenters. The first-order valence-electron chi connectivity index (χ1n) is 6.35. The largest absolute Gasteiger partial charge is 0.333 e. The van der Waals surface area contributed by atoms with Gasteiger partial charge in [-0.25, -0.2) is 0 Å². The van der Waals surface area contributed by atoms with Crippen molar-refractivity contribution in [1.82, 2.24) is 4.90 Å². The van der Waals surface area contributed by atoms with Crippen LogP contribution in [-0.4, -0.2) is 23.2 Å². The monoisotopic (exact) mass is 399 g/mol. The van der Waals surface area contributed by atoms with E-state index in [0.29, 0.717) is 24.5 Å². The van der Waals surface area contributed by atoms with Gasteiger partial charge in [0.25, 0.3) is 5.91 Å². The first-order chi connectivity index (χ1) is 9.70. The Balaban J connectivity index is 2.18. The SMILES string of the molecule is O=C(c1cccc(I)c1)N(CCCl)Cc1ccccc1. The Hall–Kier alpha value is -1.07. The molecule has 2 aromatic carbocycles. The van der Waals surface area contributed by atoms with Crippen molar-refractivity contribution in [2.24, 2.45) is 0 Å². The lowest BCUT2D eigenvalue weighted by Gasteiger charge is -2.22. The van der Waals surface area contributed by atoms with Crippen LogP contribution in [0.5, 0.6) is 0 Å². The molecule has 0 radical (unpaired) electrons. The Labute approximate surface area is 137 Å². The molecule has 0 heterocycles. The summed E-state index contributed by atoms with van der Waals surface area (Å²) in [6.45, 7) is 1.12. The zero-order valence-corrected chi connectivity index (χ0v) is 13.8. The van der Waals surface area contributed by atoms with E-state index in [1.165, 1.54) is 0 Å². The second-order valence-electron chi connectivity index (χ2n) is 4.41. The maximum Gasteiger partial charge on any atom is 0.254 e. The summed E-state index contributed by atoms with van der Waals surface area (Å²) >= 11 is 8.04. The Morgan fingerprint density at radius 3 is 2.50 bits per heavy atom.